The molecule has 0 aliphatic rings. The number of aromatic nitrogens is 2. The maximum atomic E-state index is 13.6. The Kier molecular flexibility index (Phi) is 5.52. The number of fused-ring (bicyclic) bond motifs is 1. The van der Waals surface area contributed by atoms with E-state index in [1.807, 2.05) is 24.4 Å². The summed E-state index contributed by atoms with van der Waals surface area (Å²) in [5, 5.41) is 7.26. The van der Waals surface area contributed by atoms with E-state index in [4.69, 9.17) is 0 Å². The predicted molar refractivity (Wildman–Crippen MR) is 113 cm³/mol. The fraction of sp³-hybridized carbons (Fsp3) is 0.130. The van der Waals surface area contributed by atoms with E-state index >= 15 is 0 Å². The van der Waals surface area contributed by atoms with Crippen molar-refractivity contribution in [1.82, 2.24) is 9.97 Å². The largest absolute Gasteiger partial charge is 0.370 e. The van der Waals surface area contributed by atoms with Crippen LogP contribution in [0.25, 0.3) is 10.9 Å². The lowest BCUT2D eigenvalue weighted by molar-refractivity contribution is -0.115. The van der Waals surface area contributed by atoms with Gasteiger partial charge >= 0.3 is 0 Å². The van der Waals surface area contributed by atoms with Crippen molar-refractivity contribution >= 4 is 28.3 Å². The molecule has 0 unspecified atom stereocenters. The number of aromatic amines is 1. The highest BCUT2D eigenvalue weighted by Crippen LogP contribution is 2.18. The zero-order chi connectivity index (χ0) is 20.1. The van der Waals surface area contributed by atoms with Crippen molar-refractivity contribution in [2.45, 2.75) is 12.8 Å². The summed E-state index contributed by atoms with van der Waals surface area (Å²) in [4.78, 5) is 19.7. The van der Waals surface area contributed by atoms with Crippen molar-refractivity contribution in [2.24, 2.45) is 0 Å². The van der Waals surface area contributed by atoms with Gasteiger partial charge in [0.05, 0.1) is 18.3 Å². The van der Waals surface area contributed by atoms with Crippen LogP contribution in [0.15, 0.2) is 73.1 Å². The lowest BCUT2D eigenvalue weighted by Crippen LogP contribution is -2.15. The predicted octanol–water partition coefficient (Wildman–Crippen LogP) is 4.54. The molecule has 146 valence electrons. The van der Waals surface area contributed by atoms with Crippen LogP contribution in [0.1, 0.15) is 11.1 Å². The first kappa shape index (κ1) is 18.7. The Bertz CT molecular complexity index is 1120. The van der Waals surface area contributed by atoms with Crippen LogP contribution >= 0.6 is 0 Å². The van der Waals surface area contributed by atoms with E-state index in [2.05, 4.69) is 32.7 Å². The smallest absolute Gasteiger partial charge is 0.228 e. The summed E-state index contributed by atoms with van der Waals surface area (Å²) in [6, 6.07) is 18.1. The van der Waals surface area contributed by atoms with Crippen molar-refractivity contribution in [2.75, 3.05) is 17.2 Å². The van der Waals surface area contributed by atoms with E-state index in [1.54, 1.807) is 30.5 Å². The molecule has 0 saturated heterocycles. The number of benzene rings is 2. The topological polar surface area (TPSA) is 69.8 Å². The Labute approximate surface area is 168 Å². The number of rotatable bonds is 7. The molecular weight excluding hydrogens is 367 g/mol. The molecule has 0 radical (unpaired) electrons. The lowest BCUT2D eigenvalue weighted by atomic mass is 10.1. The first-order valence-electron chi connectivity index (χ1n) is 9.47. The number of anilines is 2. The molecular formula is C23H21FN4O. The number of pyridine rings is 1. The van der Waals surface area contributed by atoms with Crippen LogP contribution in [0.4, 0.5) is 15.9 Å². The summed E-state index contributed by atoms with van der Waals surface area (Å²) in [6.45, 7) is 0.744. The number of nitrogens with zero attached hydrogens (tertiary/aromatic N) is 1. The fourth-order valence-corrected chi connectivity index (χ4v) is 3.26. The number of amides is 1. The van der Waals surface area contributed by atoms with Gasteiger partial charge in [-0.15, -0.1) is 0 Å². The number of halogens is 1. The monoisotopic (exact) mass is 388 g/mol. The van der Waals surface area contributed by atoms with Crippen LogP contribution in [0, 0.1) is 5.82 Å². The van der Waals surface area contributed by atoms with Crippen molar-refractivity contribution < 1.29 is 9.18 Å². The van der Waals surface area contributed by atoms with Gasteiger partial charge in [0.2, 0.25) is 5.91 Å². The first-order valence-corrected chi connectivity index (χ1v) is 9.47. The van der Waals surface area contributed by atoms with Gasteiger partial charge in [-0.2, -0.15) is 0 Å². The Morgan fingerprint density at radius 1 is 1.00 bits per heavy atom. The zero-order valence-electron chi connectivity index (χ0n) is 15.8. The van der Waals surface area contributed by atoms with E-state index < -0.39 is 0 Å². The minimum Gasteiger partial charge on any atom is -0.370 e. The number of nitrogens with one attached hydrogen (secondary N) is 3. The third-order valence-corrected chi connectivity index (χ3v) is 4.73. The first-order chi connectivity index (χ1) is 14.2. The second kappa shape index (κ2) is 8.56. The average Bonchev–Trinajstić information content (AvgIpc) is 3.14. The number of carbonyl (C=O) groups is 1. The Morgan fingerprint density at radius 3 is 2.66 bits per heavy atom. The zero-order valence-corrected chi connectivity index (χ0v) is 15.8. The maximum absolute atomic E-state index is 13.6. The highest BCUT2D eigenvalue weighted by molar-refractivity contribution is 5.92. The van der Waals surface area contributed by atoms with Crippen molar-refractivity contribution in [3.05, 3.63) is 90.0 Å². The van der Waals surface area contributed by atoms with E-state index in [-0.39, 0.29) is 18.1 Å². The number of para-hydroxylation sites is 1. The molecule has 0 aliphatic carbocycles. The number of hydrogen-bond acceptors (Lipinski definition) is 3. The molecule has 1 amide bonds. The lowest BCUT2D eigenvalue weighted by Gasteiger charge is -2.08. The van der Waals surface area contributed by atoms with E-state index in [0.29, 0.717) is 11.3 Å². The molecule has 0 saturated carbocycles. The average molecular weight is 388 g/mol. The van der Waals surface area contributed by atoms with E-state index in [9.17, 15) is 9.18 Å². The fourth-order valence-electron chi connectivity index (χ4n) is 3.26. The summed E-state index contributed by atoms with van der Waals surface area (Å²) in [6.07, 6.45) is 4.48. The van der Waals surface area contributed by atoms with Crippen molar-refractivity contribution in [3.63, 3.8) is 0 Å². The maximum Gasteiger partial charge on any atom is 0.228 e. The third kappa shape index (κ3) is 4.60. The van der Waals surface area contributed by atoms with Gasteiger partial charge in [0.1, 0.15) is 11.6 Å². The van der Waals surface area contributed by atoms with Crippen LogP contribution < -0.4 is 10.6 Å². The Balaban J connectivity index is 1.29. The minimum atomic E-state index is -0.379. The van der Waals surface area contributed by atoms with Gasteiger partial charge < -0.3 is 15.6 Å². The van der Waals surface area contributed by atoms with E-state index in [0.717, 1.165) is 24.3 Å². The minimum absolute atomic E-state index is 0.0166. The highest BCUT2D eigenvalue weighted by atomic mass is 19.1. The quantitative estimate of drug-likeness (QED) is 0.435. The summed E-state index contributed by atoms with van der Waals surface area (Å²) in [5.41, 5.74) is 3.34. The van der Waals surface area contributed by atoms with Gasteiger partial charge in [0.25, 0.3) is 0 Å². The standard InChI is InChI=1S/C23H21FN4O/c24-20-7-3-1-5-16(20)13-23(29)28-18-9-10-22(27-15-18)25-12-11-17-14-26-21-8-4-2-6-19(17)21/h1-10,14-15,26H,11-13H2,(H,25,27)(H,28,29). The molecule has 5 nitrogen and oxygen atoms in total. The van der Waals surface area contributed by atoms with Gasteiger partial charge in [-0.3, -0.25) is 4.79 Å². The molecule has 2 aromatic carbocycles. The third-order valence-electron chi connectivity index (χ3n) is 4.73. The number of hydrogen-bond donors (Lipinski definition) is 3. The Morgan fingerprint density at radius 2 is 1.83 bits per heavy atom. The number of carbonyl (C=O) groups excluding carboxylic acids is 1. The van der Waals surface area contributed by atoms with Gasteiger partial charge in [0.15, 0.2) is 0 Å². The summed E-state index contributed by atoms with van der Waals surface area (Å²) < 4.78 is 13.6. The second-order valence-electron chi connectivity index (χ2n) is 6.78. The molecule has 2 aromatic heterocycles. The Hall–Kier alpha value is -3.67. The molecule has 0 spiro atoms. The summed E-state index contributed by atoms with van der Waals surface area (Å²) in [5.74, 6) is 0.0735. The summed E-state index contributed by atoms with van der Waals surface area (Å²) >= 11 is 0. The molecule has 3 N–H and O–H groups in total. The van der Waals surface area contributed by atoms with Crippen LogP contribution in [-0.4, -0.2) is 22.4 Å². The van der Waals surface area contributed by atoms with Crippen molar-refractivity contribution in [1.29, 1.82) is 0 Å². The molecule has 2 heterocycles. The molecule has 0 atom stereocenters. The molecule has 6 heteroatoms. The van der Waals surface area contributed by atoms with Crippen LogP contribution in [0.5, 0.6) is 0 Å². The molecule has 4 aromatic rings. The van der Waals surface area contributed by atoms with Crippen LogP contribution in [-0.2, 0) is 17.6 Å². The normalized spacial score (nSPS) is 10.8. The van der Waals surface area contributed by atoms with Gasteiger partial charge in [-0.05, 0) is 41.8 Å². The molecule has 29 heavy (non-hydrogen) atoms. The molecule has 0 bridgehead atoms. The molecule has 0 aliphatic heterocycles. The SMILES string of the molecule is O=C(Cc1ccccc1F)Nc1ccc(NCCc2c[nH]c3ccccc23)nc1. The van der Waals surface area contributed by atoms with Crippen molar-refractivity contribution in [3.8, 4) is 0 Å². The van der Waals surface area contributed by atoms with Crippen LogP contribution in [0.3, 0.4) is 0 Å². The van der Waals surface area contributed by atoms with Gasteiger partial charge in [0, 0.05) is 23.6 Å². The highest BCUT2D eigenvalue weighted by Gasteiger charge is 2.08. The van der Waals surface area contributed by atoms with E-state index in [1.165, 1.54) is 17.0 Å². The summed E-state index contributed by atoms with van der Waals surface area (Å²) in [7, 11) is 0. The van der Waals surface area contributed by atoms with Gasteiger partial charge in [-0.1, -0.05) is 36.4 Å². The van der Waals surface area contributed by atoms with Crippen LogP contribution in [0.2, 0.25) is 0 Å². The second-order valence-corrected chi connectivity index (χ2v) is 6.78. The number of H-pyrrole nitrogens is 1. The molecule has 4 rings (SSSR count). The molecule has 0 fully saturated rings. The van der Waals surface area contributed by atoms with Gasteiger partial charge in [-0.25, -0.2) is 9.37 Å².